The van der Waals surface area contributed by atoms with Crippen LogP contribution in [0.25, 0.3) is 0 Å². The summed E-state index contributed by atoms with van der Waals surface area (Å²) in [5.41, 5.74) is 6.03. The molecule has 0 aliphatic heterocycles. The lowest BCUT2D eigenvalue weighted by Crippen LogP contribution is -2.30. The van der Waals surface area contributed by atoms with Crippen LogP contribution in [-0.4, -0.2) is 16.0 Å². The molecule has 94 valence electrons. The number of nitrogens with zero attached hydrogens (tertiary/aromatic N) is 2. The molecule has 5 heteroatoms. The summed E-state index contributed by atoms with van der Waals surface area (Å²) in [6.45, 7) is 4.64. The molecule has 1 aliphatic carbocycles. The predicted molar refractivity (Wildman–Crippen MR) is 71.1 cm³/mol. The van der Waals surface area contributed by atoms with Gasteiger partial charge >= 0.3 is 0 Å². The van der Waals surface area contributed by atoms with Crippen molar-refractivity contribution in [2.24, 2.45) is 5.41 Å². The van der Waals surface area contributed by atoms with Crippen LogP contribution in [0.4, 0.5) is 11.8 Å². The van der Waals surface area contributed by atoms with Gasteiger partial charge in [0.15, 0.2) is 0 Å². The predicted octanol–water partition coefficient (Wildman–Crippen LogP) is 3.09. The highest BCUT2D eigenvalue weighted by Crippen LogP contribution is 2.36. The molecule has 0 amide bonds. The average Bonchev–Trinajstić information content (AvgIpc) is 2.20. The van der Waals surface area contributed by atoms with E-state index in [1.54, 1.807) is 6.07 Å². The average molecular weight is 255 g/mol. The van der Waals surface area contributed by atoms with Gasteiger partial charge < -0.3 is 11.1 Å². The summed E-state index contributed by atoms with van der Waals surface area (Å²) in [6.07, 6.45) is 4.79. The normalized spacial score (nSPS) is 20.2. The molecule has 1 saturated carbocycles. The molecule has 2 rings (SSSR count). The number of nitrogen functional groups attached to an aromatic ring is 1. The van der Waals surface area contributed by atoms with E-state index >= 15 is 0 Å². The van der Waals surface area contributed by atoms with Crippen LogP contribution in [0.2, 0.25) is 5.15 Å². The quantitative estimate of drug-likeness (QED) is 0.796. The first-order valence-electron chi connectivity index (χ1n) is 6.01. The summed E-state index contributed by atoms with van der Waals surface area (Å²) in [5.74, 6) is 0.948. The van der Waals surface area contributed by atoms with Gasteiger partial charge in [0.25, 0.3) is 0 Å². The Morgan fingerprint density at radius 1 is 1.35 bits per heavy atom. The van der Waals surface area contributed by atoms with Crippen LogP contribution in [0.3, 0.4) is 0 Å². The fraction of sp³-hybridized carbons (Fsp3) is 0.667. The van der Waals surface area contributed by atoms with Crippen molar-refractivity contribution in [3.05, 3.63) is 11.2 Å². The summed E-state index contributed by atoms with van der Waals surface area (Å²) in [4.78, 5) is 7.98. The molecule has 1 aromatic heterocycles. The van der Waals surface area contributed by atoms with Gasteiger partial charge in [0, 0.05) is 12.1 Å². The number of nitrogens with two attached hydrogens (primary N) is 1. The third-order valence-electron chi connectivity index (χ3n) is 3.40. The zero-order valence-electron chi connectivity index (χ0n) is 10.3. The molecule has 0 unspecified atom stereocenters. The Bertz CT molecular complexity index is 375. The lowest BCUT2D eigenvalue weighted by molar-refractivity contribution is 0.232. The lowest BCUT2D eigenvalue weighted by Gasteiger charge is -2.34. The van der Waals surface area contributed by atoms with Crippen LogP contribution in [0.5, 0.6) is 0 Å². The van der Waals surface area contributed by atoms with Gasteiger partial charge in [0.1, 0.15) is 11.0 Å². The molecule has 0 spiro atoms. The van der Waals surface area contributed by atoms with Gasteiger partial charge in [-0.25, -0.2) is 4.98 Å². The Balaban J connectivity index is 1.97. The minimum Gasteiger partial charge on any atom is -0.368 e. The number of hydrogen-bond acceptors (Lipinski definition) is 4. The van der Waals surface area contributed by atoms with Crippen molar-refractivity contribution in [1.82, 2.24) is 9.97 Å². The van der Waals surface area contributed by atoms with E-state index in [0.29, 0.717) is 16.6 Å². The summed E-state index contributed by atoms with van der Waals surface area (Å²) >= 11 is 5.84. The number of anilines is 2. The number of rotatable bonds is 2. The molecule has 0 radical (unpaired) electrons. The zero-order valence-corrected chi connectivity index (χ0v) is 11.1. The molecule has 17 heavy (non-hydrogen) atoms. The summed E-state index contributed by atoms with van der Waals surface area (Å²) in [5, 5.41) is 3.77. The van der Waals surface area contributed by atoms with Crippen molar-refractivity contribution in [2.75, 3.05) is 11.1 Å². The van der Waals surface area contributed by atoms with Crippen molar-refractivity contribution in [3.8, 4) is 0 Å². The SMILES string of the molecule is CC1(C)CCC(Nc2cc(Cl)nc(N)n2)CC1. The van der Waals surface area contributed by atoms with Crippen molar-refractivity contribution >= 4 is 23.4 Å². The Hall–Kier alpha value is -1.03. The monoisotopic (exact) mass is 254 g/mol. The molecule has 0 atom stereocenters. The molecule has 1 aromatic rings. The van der Waals surface area contributed by atoms with E-state index in [-0.39, 0.29) is 5.95 Å². The molecule has 0 saturated heterocycles. The molecule has 3 N–H and O–H groups in total. The van der Waals surface area contributed by atoms with E-state index in [1.807, 2.05) is 0 Å². The summed E-state index contributed by atoms with van der Waals surface area (Å²) in [7, 11) is 0. The second kappa shape index (κ2) is 4.69. The van der Waals surface area contributed by atoms with Crippen LogP contribution < -0.4 is 11.1 Å². The van der Waals surface area contributed by atoms with Crippen molar-refractivity contribution in [3.63, 3.8) is 0 Å². The van der Waals surface area contributed by atoms with E-state index in [9.17, 15) is 0 Å². The van der Waals surface area contributed by atoms with Crippen molar-refractivity contribution < 1.29 is 0 Å². The molecular weight excluding hydrogens is 236 g/mol. The Kier molecular flexibility index (Phi) is 3.43. The fourth-order valence-electron chi connectivity index (χ4n) is 2.26. The highest BCUT2D eigenvalue weighted by Gasteiger charge is 2.26. The Labute approximate surface area is 107 Å². The van der Waals surface area contributed by atoms with Gasteiger partial charge in [-0.1, -0.05) is 25.4 Å². The lowest BCUT2D eigenvalue weighted by atomic mass is 9.75. The molecule has 4 nitrogen and oxygen atoms in total. The third kappa shape index (κ3) is 3.46. The molecular formula is C12H19ClN4. The first-order chi connectivity index (χ1) is 7.94. The minimum atomic E-state index is 0.219. The highest BCUT2D eigenvalue weighted by molar-refractivity contribution is 6.29. The molecule has 1 fully saturated rings. The Morgan fingerprint density at radius 3 is 2.59 bits per heavy atom. The second-order valence-corrected chi connectivity index (χ2v) is 5.90. The zero-order chi connectivity index (χ0) is 12.5. The van der Waals surface area contributed by atoms with Gasteiger partial charge in [-0.2, -0.15) is 4.98 Å². The largest absolute Gasteiger partial charge is 0.368 e. The van der Waals surface area contributed by atoms with Crippen LogP contribution >= 0.6 is 11.6 Å². The number of nitrogens with one attached hydrogen (secondary N) is 1. The summed E-state index contributed by atoms with van der Waals surface area (Å²) < 4.78 is 0. The fourth-order valence-corrected chi connectivity index (χ4v) is 2.45. The van der Waals surface area contributed by atoms with Crippen LogP contribution in [0.15, 0.2) is 6.07 Å². The number of hydrogen-bond donors (Lipinski definition) is 2. The smallest absolute Gasteiger partial charge is 0.223 e. The van der Waals surface area contributed by atoms with E-state index in [2.05, 4.69) is 29.1 Å². The molecule has 1 aliphatic rings. The topological polar surface area (TPSA) is 63.8 Å². The molecule has 0 bridgehead atoms. The first-order valence-corrected chi connectivity index (χ1v) is 6.39. The van der Waals surface area contributed by atoms with E-state index < -0.39 is 0 Å². The number of halogens is 1. The van der Waals surface area contributed by atoms with Gasteiger partial charge in [0.2, 0.25) is 5.95 Å². The van der Waals surface area contributed by atoms with Crippen LogP contribution in [0.1, 0.15) is 39.5 Å². The van der Waals surface area contributed by atoms with Gasteiger partial charge in [-0.15, -0.1) is 0 Å². The maximum absolute atomic E-state index is 5.84. The third-order valence-corrected chi connectivity index (χ3v) is 3.60. The van der Waals surface area contributed by atoms with E-state index in [0.717, 1.165) is 18.7 Å². The highest BCUT2D eigenvalue weighted by atomic mass is 35.5. The maximum Gasteiger partial charge on any atom is 0.223 e. The van der Waals surface area contributed by atoms with Crippen molar-refractivity contribution in [2.45, 2.75) is 45.6 Å². The summed E-state index contributed by atoms with van der Waals surface area (Å²) in [6, 6.07) is 2.19. The van der Waals surface area contributed by atoms with E-state index in [4.69, 9.17) is 17.3 Å². The maximum atomic E-state index is 5.84. The second-order valence-electron chi connectivity index (χ2n) is 5.52. The van der Waals surface area contributed by atoms with Crippen LogP contribution in [-0.2, 0) is 0 Å². The molecule has 0 aromatic carbocycles. The minimum absolute atomic E-state index is 0.219. The standard InChI is InChI=1S/C12H19ClN4/c1-12(2)5-3-8(4-6-12)15-10-7-9(13)16-11(14)17-10/h7-8H,3-6H2,1-2H3,(H3,14,15,16,17). The number of aromatic nitrogens is 2. The molecule has 1 heterocycles. The van der Waals surface area contributed by atoms with Crippen LogP contribution in [0, 0.1) is 5.41 Å². The van der Waals surface area contributed by atoms with E-state index in [1.165, 1.54) is 12.8 Å². The van der Waals surface area contributed by atoms with Gasteiger partial charge in [-0.05, 0) is 31.1 Å². The van der Waals surface area contributed by atoms with Crippen molar-refractivity contribution in [1.29, 1.82) is 0 Å². The van der Waals surface area contributed by atoms with Gasteiger partial charge in [-0.3, -0.25) is 0 Å². The Morgan fingerprint density at radius 2 is 2.00 bits per heavy atom. The first kappa shape index (κ1) is 12.4. The van der Waals surface area contributed by atoms with Gasteiger partial charge in [0.05, 0.1) is 0 Å².